The van der Waals surface area contributed by atoms with Gasteiger partial charge in [-0.25, -0.2) is 0 Å². The highest BCUT2D eigenvalue weighted by atomic mass is 32.1. The monoisotopic (exact) mass is 372 g/mol. The van der Waals surface area contributed by atoms with Crippen LogP contribution in [-0.4, -0.2) is 54.4 Å². The van der Waals surface area contributed by atoms with E-state index in [-0.39, 0.29) is 18.4 Å². The van der Waals surface area contributed by atoms with Crippen LogP contribution >= 0.6 is 11.3 Å². The predicted molar refractivity (Wildman–Crippen MR) is 102 cm³/mol. The molecule has 0 saturated carbocycles. The molecule has 1 aliphatic heterocycles. The van der Waals surface area contributed by atoms with Crippen LogP contribution in [0.3, 0.4) is 0 Å². The lowest BCUT2D eigenvalue weighted by molar-refractivity contribution is -0.140. The lowest BCUT2D eigenvalue weighted by atomic mass is 10.2. The van der Waals surface area contributed by atoms with Crippen LogP contribution in [0, 0.1) is 6.92 Å². The van der Waals surface area contributed by atoms with Gasteiger partial charge in [0.2, 0.25) is 5.91 Å². The molecule has 0 radical (unpaired) electrons. The van der Waals surface area contributed by atoms with E-state index < -0.39 is 0 Å². The molecule has 0 bridgehead atoms. The number of thiophene rings is 1. The quantitative estimate of drug-likeness (QED) is 0.783. The van der Waals surface area contributed by atoms with E-state index in [9.17, 15) is 9.59 Å². The Balaban J connectivity index is 1.39. The van der Waals surface area contributed by atoms with Crippen molar-refractivity contribution in [1.29, 1.82) is 0 Å². The topological polar surface area (TPSA) is 49.9 Å². The number of carbonyl (C=O) groups excluding carboxylic acids is 2. The fourth-order valence-electron chi connectivity index (χ4n) is 2.99. The highest BCUT2D eigenvalue weighted by Crippen LogP contribution is 2.14. The van der Waals surface area contributed by atoms with Crippen molar-refractivity contribution in [1.82, 2.24) is 9.80 Å². The first-order chi connectivity index (χ1) is 12.6. The normalized spacial score (nSPS) is 14.3. The molecule has 0 N–H and O–H groups in total. The highest BCUT2D eigenvalue weighted by molar-refractivity contribution is 7.09. The molecule has 2 heterocycles. The number of carbonyl (C=O) groups is 2. The number of ether oxygens (including phenoxy) is 1. The van der Waals surface area contributed by atoms with Crippen molar-refractivity contribution >= 4 is 23.2 Å². The molecule has 0 atom stereocenters. The van der Waals surface area contributed by atoms with E-state index in [1.54, 1.807) is 16.2 Å². The number of hydrogen-bond donors (Lipinski definition) is 0. The smallest absolute Gasteiger partial charge is 0.260 e. The maximum Gasteiger partial charge on any atom is 0.260 e. The second kappa shape index (κ2) is 8.85. The Bertz CT molecular complexity index is 737. The van der Waals surface area contributed by atoms with E-state index in [4.69, 9.17) is 4.74 Å². The lowest BCUT2D eigenvalue weighted by Gasteiger charge is -2.34. The Morgan fingerprint density at radius 3 is 2.42 bits per heavy atom. The van der Waals surface area contributed by atoms with E-state index in [1.165, 1.54) is 4.88 Å². The molecule has 1 aromatic carbocycles. The van der Waals surface area contributed by atoms with Crippen molar-refractivity contribution in [2.75, 3.05) is 32.8 Å². The third-order valence-electron chi connectivity index (χ3n) is 4.50. The molecule has 3 rings (SSSR count). The standard InChI is InChI=1S/C20H24N2O3S/c1-16-4-2-5-17(14-16)25-15-20(24)22-11-9-21(10-12-22)19(23)8-7-18-6-3-13-26-18/h2-6,13-14H,7-12,15H2,1H3. The average Bonchev–Trinajstić information content (AvgIpc) is 3.18. The molecule has 0 aliphatic carbocycles. The third-order valence-corrected chi connectivity index (χ3v) is 5.44. The number of rotatable bonds is 6. The molecule has 2 amide bonds. The summed E-state index contributed by atoms with van der Waals surface area (Å²) in [5, 5.41) is 2.03. The van der Waals surface area contributed by atoms with Gasteiger partial charge in [0.05, 0.1) is 0 Å². The second-order valence-corrected chi connectivity index (χ2v) is 7.48. The summed E-state index contributed by atoms with van der Waals surface area (Å²) in [5.74, 6) is 0.847. The average molecular weight is 372 g/mol. The molecule has 26 heavy (non-hydrogen) atoms. The van der Waals surface area contributed by atoms with Gasteiger partial charge in [-0.15, -0.1) is 11.3 Å². The first-order valence-electron chi connectivity index (χ1n) is 8.89. The molecule has 1 saturated heterocycles. The number of hydrogen-bond acceptors (Lipinski definition) is 4. The summed E-state index contributed by atoms with van der Waals surface area (Å²) in [6, 6.07) is 11.7. The van der Waals surface area contributed by atoms with Crippen LogP contribution in [0.4, 0.5) is 0 Å². The maximum absolute atomic E-state index is 12.3. The lowest BCUT2D eigenvalue weighted by Crippen LogP contribution is -2.51. The third kappa shape index (κ3) is 5.08. The molecule has 1 fully saturated rings. The molecule has 6 heteroatoms. The van der Waals surface area contributed by atoms with Gasteiger partial charge in [-0.1, -0.05) is 18.2 Å². The number of aryl methyl sites for hydroxylation is 2. The summed E-state index contributed by atoms with van der Waals surface area (Å²) in [5.41, 5.74) is 1.10. The van der Waals surface area contributed by atoms with Gasteiger partial charge >= 0.3 is 0 Å². The van der Waals surface area contributed by atoms with E-state index in [2.05, 4.69) is 6.07 Å². The SMILES string of the molecule is Cc1cccc(OCC(=O)N2CCN(C(=O)CCc3cccs3)CC2)c1. The Hall–Kier alpha value is -2.34. The van der Waals surface area contributed by atoms with Gasteiger partial charge in [0.15, 0.2) is 6.61 Å². The summed E-state index contributed by atoms with van der Waals surface area (Å²) in [4.78, 5) is 29.5. The minimum absolute atomic E-state index is 0.0304. The Kier molecular flexibility index (Phi) is 6.28. The van der Waals surface area contributed by atoms with Gasteiger partial charge in [0, 0.05) is 37.5 Å². The van der Waals surface area contributed by atoms with E-state index in [0.717, 1.165) is 12.0 Å². The van der Waals surface area contributed by atoms with Crippen LogP contribution < -0.4 is 4.74 Å². The van der Waals surface area contributed by atoms with Crippen molar-refractivity contribution in [2.45, 2.75) is 19.8 Å². The van der Waals surface area contributed by atoms with Crippen LogP contribution in [-0.2, 0) is 16.0 Å². The van der Waals surface area contributed by atoms with E-state index >= 15 is 0 Å². The van der Waals surface area contributed by atoms with Crippen LogP contribution in [0.25, 0.3) is 0 Å². The summed E-state index contributed by atoms with van der Waals surface area (Å²) in [7, 11) is 0. The molecule has 0 unspecified atom stereocenters. The minimum atomic E-state index is -0.0304. The zero-order valence-electron chi connectivity index (χ0n) is 15.0. The number of amides is 2. The molecular weight excluding hydrogens is 348 g/mol. The Morgan fingerprint density at radius 2 is 1.77 bits per heavy atom. The van der Waals surface area contributed by atoms with E-state index in [0.29, 0.717) is 38.3 Å². The Morgan fingerprint density at radius 1 is 1.04 bits per heavy atom. The van der Waals surface area contributed by atoms with Gasteiger partial charge in [0.25, 0.3) is 5.91 Å². The summed E-state index contributed by atoms with van der Waals surface area (Å²) >= 11 is 1.68. The Labute approximate surface area is 158 Å². The van der Waals surface area contributed by atoms with Crippen LogP contribution in [0.2, 0.25) is 0 Å². The molecule has 1 aliphatic rings. The molecular formula is C20H24N2O3S. The van der Waals surface area contributed by atoms with Crippen LogP contribution in [0.1, 0.15) is 16.9 Å². The fourth-order valence-corrected chi connectivity index (χ4v) is 3.70. The minimum Gasteiger partial charge on any atom is -0.484 e. The van der Waals surface area contributed by atoms with Crippen molar-refractivity contribution in [3.05, 3.63) is 52.2 Å². The van der Waals surface area contributed by atoms with Gasteiger partial charge in [-0.05, 0) is 42.5 Å². The van der Waals surface area contributed by atoms with Crippen molar-refractivity contribution in [3.8, 4) is 5.75 Å². The zero-order valence-corrected chi connectivity index (χ0v) is 15.8. The largest absolute Gasteiger partial charge is 0.484 e. The van der Waals surface area contributed by atoms with Crippen molar-refractivity contribution in [2.24, 2.45) is 0 Å². The summed E-state index contributed by atoms with van der Waals surface area (Å²) in [6.45, 7) is 4.36. The summed E-state index contributed by atoms with van der Waals surface area (Å²) < 4.78 is 5.59. The van der Waals surface area contributed by atoms with Crippen molar-refractivity contribution < 1.29 is 14.3 Å². The highest BCUT2D eigenvalue weighted by Gasteiger charge is 2.24. The van der Waals surface area contributed by atoms with Crippen molar-refractivity contribution in [3.63, 3.8) is 0 Å². The first-order valence-corrected chi connectivity index (χ1v) is 9.77. The number of benzene rings is 1. The number of piperazine rings is 1. The van der Waals surface area contributed by atoms with Gasteiger partial charge in [-0.2, -0.15) is 0 Å². The maximum atomic E-state index is 12.3. The number of nitrogens with zero attached hydrogens (tertiary/aromatic N) is 2. The first kappa shape index (κ1) is 18.5. The fraction of sp³-hybridized carbons (Fsp3) is 0.400. The zero-order chi connectivity index (χ0) is 18.4. The predicted octanol–water partition coefficient (Wildman–Crippen LogP) is 2.74. The molecule has 0 spiro atoms. The molecule has 138 valence electrons. The second-order valence-electron chi connectivity index (χ2n) is 6.45. The molecule has 5 nitrogen and oxygen atoms in total. The van der Waals surface area contributed by atoms with Gasteiger partial charge in [0.1, 0.15) is 5.75 Å². The summed E-state index contributed by atoms with van der Waals surface area (Å²) in [6.07, 6.45) is 1.32. The van der Waals surface area contributed by atoms with Crippen LogP contribution in [0.5, 0.6) is 5.75 Å². The van der Waals surface area contributed by atoms with Gasteiger partial charge < -0.3 is 14.5 Å². The molecule has 2 aromatic rings. The molecule has 1 aromatic heterocycles. The van der Waals surface area contributed by atoms with Crippen LogP contribution in [0.15, 0.2) is 41.8 Å². The van der Waals surface area contributed by atoms with Gasteiger partial charge in [-0.3, -0.25) is 9.59 Å². The van der Waals surface area contributed by atoms with E-state index in [1.807, 2.05) is 47.5 Å².